The van der Waals surface area contributed by atoms with E-state index in [1.165, 1.54) is 38.5 Å². The van der Waals surface area contributed by atoms with Crippen molar-refractivity contribution in [3.63, 3.8) is 0 Å². The smallest absolute Gasteiger partial charge is 0.158 e. The molecule has 0 bridgehead atoms. The van der Waals surface area contributed by atoms with E-state index in [0.717, 1.165) is 13.0 Å². The summed E-state index contributed by atoms with van der Waals surface area (Å²) in [5.74, 6) is 0. The Hall–Kier alpha value is -0.0800. The van der Waals surface area contributed by atoms with Crippen molar-refractivity contribution >= 4 is 0 Å². The molecule has 2 unspecified atom stereocenters. The van der Waals surface area contributed by atoms with E-state index < -0.39 is 0 Å². The first-order valence-electron chi connectivity index (χ1n) is 6.13. The molecule has 0 radical (unpaired) electrons. The van der Waals surface area contributed by atoms with Gasteiger partial charge in [-0.3, -0.25) is 0 Å². The zero-order valence-electron chi connectivity index (χ0n) is 9.63. The molecular weight excluding hydrogens is 176 g/mol. The molecule has 1 rings (SSSR count). The monoisotopic (exact) mass is 200 g/mol. The van der Waals surface area contributed by atoms with Gasteiger partial charge >= 0.3 is 0 Å². The van der Waals surface area contributed by atoms with Crippen molar-refractivity contribution < 1.29 is 9.47 Å². The van der Waals surface area contributed by atoms with Crippen molar-refractivity contribution in [2.45, 2.75) is 71.2 Å². The molecule has 1 fully saturated rings. The van der Waals surface area contributed by atoms with Crippen LogP contribution >= 0.6 is 0 Å². The lowest BCUT2D eigenvalue weighted by atomic mass is 10.2. The van der Waals surface area contributed by atoms with Gasteiger partial charge in [-0.25, -0.2) is 0 Å². The van der Waals surface area contributed by atoms with Crippen LogP contribution < -0.4 is 0 Å². The average molecular weight is 200 g/mol. The molecule has 0 amide bonds. The van der Waals surface area contributed by atoms with Crippen LogP contribution in [0.1, 0.15) is 58.8 Å². The van der Waals surface area contributed by atoms with Gasteiger partial charge in [-0.1, -0.05) is 39.5 Å². The quantitative estimate of drug-likeness (QED) is 0.586. The fraction of sp³-hybridized carbons (Fsp3) is 1.00. The second kappa shape index (κ2) is 7.24. The summed E-state index contributed by atoms with van der Waals surface area (Å²) in [5.41, 5.74) is 0. The molecule has 1 heterocycles. The van der Waals surface area contributed by atoms with E-state index in [1.807, 2.05) is 0 Å². The molecule has 2 atom stereocenters. The Labute approximate surface area is 88.0 Å². The highest BCUT2D eigenvalue weighted by Gasteiger charge is 2.24. The minimum Gasteiger partial charge on any atom is -0.350 e. The molecule has 1 aliphatic rings. The van der Waals surface area contributed by atoms with Crippen LogP contribution in [0.2, 0.25) is 0 Å². The summed E-state index contributed by atoms with van der Waals surface area (Å²) < 4.78 is 11.4. The van der Waals surface area contributed by atoms with Gasteiger partial charge in [-0.15, -0.1) is 0 Å². The van der Waals surface area contributed by atoms with Gasteiger partial charge in [-0.2, -0.15) is 0 Å². The second-order valence-electron chi connectivity index (χ2n) is 4.16. The summed E-state index contributed by atoms with van der Waals surface area (Å²) in [4.78, 5) is 0. The van der Waals surface area contributed by atoms with Crippen molar-refractivity contribution in [3.05, 3.63) is 0 Å². The summed E-state index contributed by atoms with van der Waals surface area (Å²) >= 11 is 0. The van der Waals surface area contributed by atoms with Crippen molar-refractivity contribution in [3.8, 4) is 0 Å². The lowest BCUT2D eigenvalue weighted by molar-refractivity contribution is -0.0642. The highest BCUT2D eigenvalue weighted by Crippen LogP contribution is 2.20. The SMILES string of the molecule is CCCCCC1OCC(CCCC)O1. The Morgan fingerprint density at radius 1 is 1.00 bits per heavy atom. The molecule has 0 spiro atoms. The summed E-state index contributed by atoms with van der Waals surface area (Å²) in [6, 6.07) is 0. The lowest BCUT2D eigenvalue weighted by Crippen LogP contribution is -2.12. The van der Waals surface area contributed by atoms with Gasteiger partial charge < -0.3 is 9.47 Å². The van der Waals surface area contributed by atoms with Crippen LogP contribution in [0, 0.1) is 0 Å². The van der Waals surface area contributed by atoms with Gasteiger partial charge in [0.05, 0.1) is 12.7 Å². The van der Waals surface area contributed by atoms with Crippen LogP contribution in [0.4, 0.5) is 0 Å². The van der Waals surface area contributed by atoms with Gasteiger partial charge in [0.15, 0.2) is 6.29 Å². The van der Waals surface area contributed by atoms with E-state index in [2.05, 4.69) is 13.8 Å². The van der Waals surface area contributed by atoms with E-state index in [-0.39, 0.29) is 6.29 Å². The number of ether oxygens (including phenoxy) is 2. The van der Waals surface area contributed by atoms with Gasteiger partial charge in [0, 0.05) is 0 Å². The Morgan fingerprint density at radius 2 is 1.79 bits per heavy atom. The Morgan fingerprint density at radius 3 is 2.50 bits per heavy atom. The maximum Gasteiger partial charge on any atom is 0.158 e. The third-order valence-electron chi connectivity index (χ3n) is 2.74. The normalized spacial score (nSPS) is 27.0. The molecule has 0 saturated carbocycles. The minimum atomic E-state index is 0.100. The van der Waals surface area contributed by atoms with E-state index >= 15 is 0 Å². The average Bonchev–Trinajstić information content (AvgIpc) is 2.63. The maximum absolute atomic E-state index is 5.79. The van der Waals surface area contributed by atoms with Crippen LogP contribution in [-0.2, 0) is 9.47 Å². The Bertz CT molecular complexity index is 136. The Balaban J connectivity index is 2.02. The highest BCUT2D eigenvalue weighted by atomic mass is 16.7. The first-order valence-corrected chi connectivity index (χ1v) is 6.13. The zero-order chi connectivity index (χ0) is 10.2. The van der Waals surface area contributed by atoms with Crippen LogP contribution in [0.15, 0.2) is 0 Å². The molecule has 0 aliphatic carbocycles. The van der Waals surface area contributed by atoms with Crippen LogP contribution in [0.3, 0.4) is 0 Å². The van der Waals surface area contributed by atoms with Crippen molar-refractivity contribution in [2.24, 2.45) is 0 Å². The zero-order valence-corrected chi connectivity index (χ0v) is 9.63. The van der Waals surface area contributed by atoms with Gasteiger partial charge in [0.2, 0.25) is 0 Å². The van der Waals surface area contributed by atoms with E-state index in [9.17, 15) is 0 Å². The molecule has 1 aliphatic heterocycles. The fourth-order valence-corrected chi connectivity index (χ4v) is 1.80. The van der Waals surface area contributed by atoms with Crippen molar-refractivity contribution in [1.29, 1.82) is 0 Å². The molecule has 2 heteroatoms. The standard InChI is InChI=1S/C12H24O2/c1-3-5-7-9-12-13-10-11(14-12)8-6-4-2/h11-12H,3-10H2,1-2H3. The van der Waals surface area contributed by atoms with Gasteiger partial charge in [-0.05, 0) is 19.3 Å². The number of hydrogen-bond acceptors (Lipinski definition) is 2. The Kier molecular flexibility index (Phi) is 6.20. The number of hydrogen-bond donors (Lipinski definition) is 0. The molecule has 0 aromatic heterocycles. The molecule has 0 aromatic rings. The first kappa shape index (κ1) is 12.0. The molecule has 2 nitrogen and oxygen atoms in total. The van der Waals surface area contributed by atoms with Crippen LogP contribution in [0.25, 0.3) is 0 Å². The second-order valence-corrected chi connectivity index (χ2v) is 4.16. The summed E-state index contributed by atoms with van der Waals surface area (Å²) in [7, 11) is 0. The van der Waals surface area contributed by atoms with E-state index in [4.69, 9.17) is 9.47 Å². The predicted molar refractivity (Wildman–Crippen MR) is 58.3 cm³/mol. The topological polar surface area (TPSA) is 18.5 Å². The largest absolute Gasteiger partial charge is 0.350 e. The van der Waals surface area contributed by atoms with E-state index in [1.54, 1.807) is 0 Å². The fourth-order valence-electron chi connectivity index (χ4n) is 1.80. The van der Waals surface area contributed by atoms with Crippen molar-refractivity contribution in [2.75, 3.05) is 6.61 Å². The van der Waals surface area contributed by atoms with Crippen LogP contribution in [-0.4, -0.2) is 19.0 Å². The molecule has 0 aromatic carbocycles. The third-order valence-corrected chi connectivity index (χ3v) is 2.74. The maximum atomic E-state index is 5.79. The minimum absolute atomic E-state index is 0.100. The van der Waals surface area contributed by atoms with Gasteiger partial charge in [0.1, 0.15) is 0 Å². The molecule has 84 valence electrons. The third kappa shape index (κ3) is 4.43. The highest BCUT2D eigenvalue weighted by molar-refractivity contribution is 4.65. The van der Waals surface area contributed by atoms with Crippen molar-refractivity contribution in [1.82, 2.24) is 0 Å². The summed E-state index contributed by atoms with van der Waals surface area (Å²) in [6.07, 6.45) is 9.04. The van der Waals surface area contributed by atoms with E-state index in [0.29, 0.717) is 6.10 Å². The van der Waals surface area contributed by atoms with Gasteiger partial charge in [0.25, 0.3) is 0 Å². The lowest BCUT2D eigenvalue weighted by Gasteiger charge is -2.10. The number of rotatable bonds is 7. The molecule has 0 N–H and O–H groups in total. The molecule has 14 heavy (non-hydrogen) atoms. The van der Waals surface area contributed by atoms with Crippen LogP contribution in [0.5, 0.6) is 0 Å². The molecule has 1 saturated heterocycles. The first-order chi connectivity index (χ1) is 6.86. The summed E-state index contributed by atoms with van der Waals surface area (Å²) in [6.45, 7) is 5.26. The summed E-state index contributed by atoms with van der Waals surface area (Å²) in [5, 5.41) is 0. The predicted octanol–water partition coefficient (Wildman–Crippen LogP) is 3.50. The number of unbranched alkanes of at least 4 members (excludes halogenated alkanes) is 3. The molecular formula is C12H24O2.